The van der Waals surface area contributed by atoms with Crippen LogP contribution in [0.3, 0.4) is 0 Å². The maximum atomic E-state index is 13.0. The van der Waals surface area contributed by atoms with Crippen LogP contribution in [0.2, 0.25) is 0 Å². The van der Waals surface area contributed by atoms with E-state index in [2.05, 4.69) is 20.0 Å². The normalized spacial score (nSPS) is 22.0. The van der Waals surface area contributed by atoms with E-state index in [-0.39, 0.29) is 29.7 Å². The number of carbonyl (C=O) groups is 2. The summed E-state index contributed by atoms with van der Waals surface area (Å²) in [6.07, 6.45) is 5.00. The van der Waals surface area contributed by atoms with E-state index in [1.165, 1.54) is 0 Å². The summed E-state index contributed by atoms with van der Waals surface area (Å²) in [5.41, 5.74) is 6.14. The first-order valence-electron chi connectivity index (χ1n) is 10.6. The fraction of sp³-hybridized carbons (Fsp3) is 0.571. The molecular formula is C21H28N6O3. The first-order chi connectivity index (χ1) is 14.5. The lowest BCUT2D eigenvalue weighted by molar-refractivity contribution is -0.140. The van der Waals surface area contributed by atoms with Gasteiger partial charge in [-0.15, -0.1) is 0 Å². The quantitative estimate of drug-likeness (QED) is 0.789. The molecule has 2 atom stereocenters. The Morgan fingerprint density at radius 3 is 2.70 bits per heavy atom. The minimum absolute atomic E-state index is 0.0784. The zero-order valence-corrected chi connectivity index (χ0v) is 17.2. The smallest absolute Gasteiger partial charge is 0.239 e. The second-order valence-electron chi connectivity index (χ2n) is 8.18. The zero-order chi connectivity index (χ0) is 21.1. The molecule has 2 fully saturated rings. The minimum atomic E-state index is -0.314. The third-order valence-corrected chi connectivity index (χ3v) is 6.26. The molecule has 0 saturated carbocycles. The van der Waals surface area contributed by atoms with Crippen LogP contribution < -0.4 is 5.73 Å². The predicted octanol–water partition coefficient (Wildman–Crippen LogP) is 1.42. The van der Waals surface area contributed by atoms with E-state index in [1.54, 1.807) is 11.1 Å². The van der Waals surface area contributed by atoms with Crippen molar-refractivity contribution in [1.29, 1.82) is 0 Å². The second-order valence-corrected chi connectivity index (χ2v) is 8.18. The number of pyridine rings is 1. The highest BCUT2D eigenvalue weighted by molar-refractivity contribution is 5.83. The Hall–Kier alpha value is -2.81. The number of primary amides is 1. The van der Waals surface area contributed by atoms with Gasteiger partial charge in [0.1, 0.15) is 5.69 Å². The maximum absolute atomic E-state index is 13.0. The summed E-state index contributed by atoms with van der Waals surface area (Å²) in [5, 5.41) is 4.07. The van der Waals surface area contributed by atoms with E-state index in [0.717, 1.165) is 38.8 Å². The lowest BCUT2D eigenvalue weighted by atomic mass is 9.94. The summed E-state index contributed by atoms with van der Waals surface area (Å²) >= 11 is 0. The van der Waals surface area contributed by atoms with E-state index in [9.17, 15) is 9.59 Å². The van der Waals surface area contributed by atoms with Gasteiger partial charge in [0.05, 0.1) is 12.0 Å². The molecule has 30 heavy (non-hydrogen) atoms. The van der Waals surface area contributed by atoms with E-state index in [0.29, 0.717) is 30.5 Å². The number of amides is 2. The van der Waals surface area contributed by atoms with Crippen molar-refractivity contribution in [3.63, 3.8) is 0 Å². The van der Waals surface area contributed by atoms with Gasteiger partial charge in [0.2, 0.25) is 23.5 Å². The van der Waals surface area contributed by atoms with Gasteiger partial charge in [0.15, 0.2) is 0 Å². The average Bonchev–Trinajstić information content (AvgIpc) is 3.29. The Labute approximate surface area is 175 Å². The van der Waals surface area contributed by atoms with Gasteiger partial charge >= 0.3 is 0 Å². The van der Waals surface area contributed by atoms with Crippen molar-refractivity contribution in [1.82, 2.24) is 24.9 Å². The van der Waals surface area contributed by atoms with Gasteiger partial charge in [-0.2, -0.15) is 4.98 Å². The fourth-order valence-electron chi connectivity index (χ4n) is 4.36. The summed E-state index contributed by atoms with van der Waals surface area (Å²) in [6.45, 7) is 4.65. The number of nitrogens with zero attached hydrogens (tertiary/aromatic N) is 5. The van der Waals surface area contributed by atoms with Crippen LogP contribution in [0.25, 0.3) is 11.5 Å². The number of piperidine rings is 2. The fourth-order valence-corrected chi connectivity index (χ4v) is 4.36. The van der Waals surface area contributed by atoms with Gasteiger partial charge in [0, 0.05) is 25.2 Å². The molecule has 160 valence electrons. The lowest BCUT2D eigenvalue weighted by Gasteiger charge is -2.38. The molecule has 2 aliphatic heterocycles. The summed E-state index contributed by atoms with van der Waals surface area (Å²) in [6, 6.07) is 5.38. The molecule has 0 aliphatic carbocycles. The van der Waals surface area contributed by atoms with Crippen LogP contribution in [0, 0.1) is 5.92 Å². The topological polar surface area (TPSA) is 118 Å². The summed E-state index contributed by atoms with van der Waals surface area (Å²) in [5.74, 6) is 0.856. The molecule has 2 aromatic heterocycles. The Bertz CT molecular complexity index is 878. The van der Waals surface area contributed by atoms with Gasteiger partial charge in [-0.1, -0.05) is 11.2 Å². The zero-order valence-electron chi connectivity index (χ0n) is 17.2. The van der Waals surface area contributed by atoms with Gasteiger partial charge < -0.3 is 15.2 Å². The molecule has 4 rings (SSSR count). The number of likely N-dealkylation sites (tertiary alicyclic amines) is 2. The minimum Gasteiger partial charge on any atom is -0.369 e. The molecular weight excluding hydrogens is 384 g/mol. The highest BCUT2D eigenvalue weighted by Gasteiger charge is 2.34. The van der Waals surface area contributed by atoms with Crippen LogP contribution in [0.5, 0.6) is 0 Å². The number of aromatic nitrogens is 3. The van der Waals surface area contributed by atoms with E-state index >= 15 is 0 Å². The van der Waals surface area contributed by atoms with Gasteiger partial charge in [-0.25, -0.2) is 0 Å². The highest BCUT2D eigenvalue weighted by atomic mass is 16.5. The standard InChI is InChI=1S/C21H28N6O3/c1-14(21(29)27-10-4-5-16(13-27)18(22)28)26-11-7-15(8-12-26)20-24-19(25-30-20)17-6-2-3-9-23-17/h2-3,6,9,14-16H,4-5,7-8,10-13H2,1H3,(H2,22,28). The molecule has 0 bridgehead atoms. The summed E-state index contributed by atoms with van der Waals surface area (Å²) in [7, 11) is 0. The Morgan fingerprint density at radius 1 is 1.20 bits per heavy atom. The van der Waals surface area contributed by atoms with E-state index in [4.69, 9.17) is 10.3 Å². The highest BCUT2D eigenvalue weighted by Crippen LogP contribution is 2.29. The second kappa shape index (κ2) is 8.91. The van der Waals surface area contributed by atoms with Gasteiger partial charge in [-0.3, -0.25) is 19.5 Å². The first-order valence-corrected chi connectivity index (χ1v) is 10.6. The molecule has 2 N–H and O–H groups in total. The Balaban J connectivity index is 1.32. The third kappa shape index (κ3) is 4.35. The maximum Gasteiger partial charge on any atom is 0.239 e. The van der Waals surface area contributed by atoms with Crippen molar-refractivity contribution in [2.24, 2.45) is 11.7 Å². The Morgan fingerprint density at radius 2 is 2.00 bits per heavy atom. The summed E-state index contributed by atoms with van der Waals surface area (Å²) in [4.78, 5) is 37.3. The van der Waals surface area contributed by atoms with Crippen molar-refractivity contribution >= 4 is 11.8 Å². The van der Waals surface area contributed by atoms with Crippen molar-refractivity contribution in [3.05, 3.63) is 30.3 Å². The van der Waals surface area contributed by atoms with Crippen LogP contribution in [0.4, 0.5) is 0 Å². The first kappa shape index (κ1) is 20.5. The Kier molecular flexibility index (Phi) is 6.08. The molecule has 2 aliphatic rings. The molecule has 0 radical (unpaired) electrons. The number of rotatable bonds is 5. The summed E-state index contributed by atoms with van der Waals surface area (Å²) < 4.78 is 5.49. The van der Waals surface area contributed by atoms with Crippen LogP contribution >= 0.6 is 0 Å². The van der Waals surface area contributed by atoms with Crippen LogP contribution in [-0.2, 0) is 9.59 Å². The van der Waals surface area contributed by atoms with Crippen LogP contribution in [0.1, 0.15) is 44.4 Å². The average molecular weight is 412 g/mol. The molecule has 2 saturated heterocycles. The number of hydrogen-bond donors (Lipinski definition) is 1. The lowest BCUT2D eigenvalue weighted by Crippen LogP contribution is -2.53. The number of carbonyl (C=O) groups excluding carboxylic acids is 2. The van der Waals surface area contributed by atoms with Gasteiger partial charge in [-0.05, 0) is 57.8 Å². The third-order valence-electron chi connectivity index (χ3n) is 6.26. The van der Waals surface area contributed by atoms with E-state index < -0.39 is 0 Å². The monoisotopic (exact) mass is 412 g/mol. The molecule has 2 amide bonds. The van der Waals surface area contributed by atoms with Crippen LogP contribution in [0.15, 0.2) is 28.9 Å². The van der Waals surface area contributed by atoms with Crippen molar-refractivity contribution in [2.75, 3.05) is 26.2 Å². The van der Waals surface area contributed by atoms with Gasteiger partial charge in [0.25, 0.3) is 0 Å². The van der Waals surface area contributed by atoms with Crippen molar-refractivity contribution in [3.8, 4) is 11.5 Å². The molecule has 9 nitrogen and oxygen atoms in total. The number of hydrogen-bond acceptors (Lipinski definition) is 7. The molecule has 0 spiro atoms. The van der Waals surface area contributed by atoms with E-state index in [1.807, 2.05) is 25.1 Å². The molecule has 2 unspecified atom stereocenters. The largest absolute Gasteiger partial charge is 0.369 e. The predicted molar refractivity (Wildman–Crippen MR) is 109 cm³/mol. The molecule has 2 aromatic rings. The van der Waals surface area contributed by atoms with Crippen molar-refractivity contribution < 1.29 is 14.1 Å². The SMILES string of the molecule is CC(C(=O)N1CCCC(C(N)=O)C1)N1CCC(c2nc(-c3ccccn3)no2)CC1. The van der Waals surface area contributed by atoms with Crippen molar-refractivity contribution in [2.45, 2.75) is 44.6 Å². The molecule has 0 aromatic carbocycles. The molecule has 4 heterocycles. The number of nitrogens with two attached hydrogens (primary N) is 1. The molecule has 9 heteroatoms. The van der Waals surface area contributed by atoms with Crippen LogP contribution in [-0.4, -0.2) is 69.0 Å².